The van der Waals surface area contributed by atoms with E-state index in [0.717, 1.165) is 31.1 Å². The van der Waals surface area contributed by atoms with Gasteiger partial charge in [0.15, 0.2) is 0 Å². The van der Waals surface area contributed by atoms with E-state index in [4.69, 9.17) is 0 Å². The highest BCUT2D eigenvalue weighted by Crippen LogP contribution is 2.21. The summed E-state index contributed by atoms with van der Waals surface area (Å²) in [6, 6.07) is 0.657. The fraction of sp³-hybridized carbons (Fsp3) is 0.769. The molecule has 0 aromatic carbocycles. The largest absolute Gasteiger partial charge is 0.299 e. The molecular weight excluding hydrogens is 274 g/mol. The monoisotopic (exact) mass is 295 g/mol. The number of aryl methyl sites for hydroxylation is 1. The van der Waals surface area contributed by atoms with Gasteiger partial charge in [-0.2, -0.15) is 0 Å². The van der Waals surface area contributed by atoms with Crippen LogP contribution in [0.15, 0.2) is 0 Å². The number of carbonyl (C=O) groups excluding carboxylic acids is 1. The number of hydrogen-bond donors (Lipinski definition) is 1. The molecule has 0 radical (unpaired) electrons. The first-order valence-electron chi connectivity index (χ1n) is 7.33. The molecule has 1 aromatic rings. The van der Waals surface area contributed by atoms with Gasteiger partial charge < -0.3 is 0 Å². The van der Waals surface area contributed by atoms with Crippen LogP contribution in [0.25, 0.3) is 0 Å². The van der Waals surface area contributed by atoms with Crippen LogP contribution >= 0.6 is 11.3 Å². The minimum absolute atomic E-state index is 0.0234. The lowest BCUT2D eigenvalue weighted by Gasteiger charge is -2.36. The van der Waals surface area contributed by atoms with Gasteiger partial charge in [-0.25, -0.2) is 0 Å². The maximum Gasteiger partial charge on any atom is 0.240 e. The van der Waals surface area contributed by atoms with Crippen molar-refractivity contribution in [2.24, 2.45) is 0 Å². The minimum Gasteiger partial charge on any atom is -0.299 e. The van der Waals surface area contributed by atoms with Crippen molar-refractivity contribution in [3.8, 4) is 0 Å². The quantitative estimate of drug-likeness (QED) is 0.891. The van der Waals surface area contributed by atoms with Gasteiger partial charge >= 0.3 is 0 Å². The van der Waals surface area contributed by atoms with Gasteiger partial charge in [-0.15, -0.1) is 10.2 Å². The van der Waals surface area contributed by atoms with Crippen LogP contribution in [0.5, 0.6) is 0 Å². The summed E-state index contributed by atoms with van der Waals surface area (Å²) in [5, 5.41) is 12.4. The van der Waals surface area contributed by atoms with Crippen LogP contribution in [0, 0.1) is 0 Å². The first-order valence-corrected chi connectivity index (χ1v) is 8.15. The molecule has 3 heterocycles. The number of hydrogen-bond acceptors (Lipinski definition) is 6. The van der Waals surface area contributed by atoms with Gasteiger partial charge in [0, 0.05) is 25.7 Å². The van der Waals surface area contributed by atoms with E-state index in [0.29, 0.717) is 17.7 Å². The average molecular weight is 295 g/mol. The number of fused-ring (bicyclic) bond motifs is 1. The molecule has 0 bridgehead atoms. The standard InChI is InChI=1S/C13H21N5OS/c1-2-12-15-16-13(20-12)14-11(19)9-17-6-7-18-5-3-4-10(18)8-17/h10H,2-9H2,1H3,(H,14,16,19). The second-order valence-corrected chi connectivity index (χ2v) is 6.53. The van der Waals surface area contributed by atoms with Crippen LogP contribution in [0.1, 0.15) is 24.8 Å². The van der Waals surface area contributed by atoms with Crippen LogP contribution in [-0.2, 0) is 11.2 Å². The Morgan fingerprint density at radius 2 is 2.30 bits per heavy atom. The molecule has 3 rings (SSSR count). The molecule has 2 aliphatic rings. The van der Waals surface area contributed by atoms with Crippen molar-refractivity contribution in [2.45, 2.75) is 32.2 Å². The molecule has 1 atom stereocenters. The molecule has 1 N–H and O–H groups in total. The van der Waals surface area contributed by atoms with Gasteiger partial charge in [0.1, 0.15) is 5.01 Å². The van der Waals surface area contributed by atoms with E-state index in [2.05, 4.69) is 25.3 Å². The summed E-state index contributed by atoms with van der Waals surface area (Å²) in [6.07, 6.45) is 3.43. The highest BCUT2D eigenvalue weighted by Gasteiger charge is 2.31. The molecule has 6 nitrogen and oxygen atoms in total. The highest BCUT2D eigenvalue weighted by atomic mass is 32.1. The van der Waals surface area contributed by atoms with E-state index in [1.807, 2.05) is 6.92 Å². The predicted octanol–water partition coefficient (Wildman–Crippen LogP) is 0.819. The van der Waals surface area contributed by atoms with Crippen molar-refractivity contribution in [3.63, 3.8) is 0 Å². The van der Waals surface area contributed by atoms with Crippen molar-refractivity contribution in [3.05, 3.63) is 5.01 Å². The van der Waals surface area contributed by atoms with Gasteiger partial charge in [0.25, 0.3) is 0 Å². The van der Waals surface area contributed by atoms with Gasteiger partial charge in [-0.1, -0.05) is 18.3 Å². The molecule has 2 aliphatic heterocycles. The zero-order valence-electron chi connectivity index (χ0n) is 11.8. The van der Waals surface area contributed by atoms with E-state index in [1.54, 1.807) is 0 Å². The smallest absolute Gasteiger partial charge is 0.240 e. The van der Waals surface area contributed by atoms with Gasteiger partial charge in [0.2, 0.25) is 11.0 Å². The molecule has 1 aromatic heterocycles. The fourth-order valence-corrected chi connectivity index (χ4v) is 3.70. The lowest BCUT2D eigenvalue weighted by molar-refractivity contribution is -0.117. The van der Waals surface area contributed by atoms with Crippen LogP contribution < -0.4 is 5.32 Å². The summed E-state index contributed by atoms with van der Waals surface area (Å²) in [5.74, 6) is 0.0234. The molecule has 2 fully saturated rings. The lowest BCUT2D eigenvalue weighted by Crippen LogP contribution is -2.51. The third kappa shape index (κ3) is 3.16. The number of carbonyl (C=O) groups is 1. The molecule has 7 heteroatoms. The third-order valence-electron chi connectivity index (χ3n) is 4.05. The number of rotatable bonds is 4. The van der Waals surface area contributed by atoms with Crippen molar-refractivity contribution >= 4 is 22.4 Å². The maximum absolute atomic E-state index is 12.0. The summed E-state index contributed by atoms with van der Waals surface area (Å²) in [4.78, 5) is 16.8. The number of piperazine rings is 1. The Labute approximate surface area is 123 Å². The second kappa shape index (κ2) is 6.15. The first kappa shape index (κ1) is 13.9. The van der Waals surface area contributed by atoms with Crippen LogP contribution in [0.4, 0.5) is 5.13 Å². The predicted molar refractivity (Wildman–Crippen MR) is 79.0 cm³/mol. The Morgan fingerprint density at radius 1 is 1.40 bits per heavy atom. The number of aromatic nitrogens is 2. The Kier molecular flexibility index (Phi) is 4.28. The summed E-state index contributed by atoms with van der Waals surface area (Å²) >= 11 is 1.46. The van der Waals surface area contributed by atoms with Gasteiger partial charge in [0.05, 0.1) is 6.54 Å². The Hall–Kier alpha value is -1.05. The summed E-state index contributed by atoms with van der Waals surface area (Å²) in [7, 11) is 0. The average Bonchev–Trinajstić information content (AvgIpc) is 3.06. The maximum atomic E-state index is 12.0. The number of amides is 1. The molecule has 0 spiro atoms. The molecule has 20 heavy (non-hydrogen) atoms. The van der Waals surface area contributed by atoms with E-state index in [-0.39, 0.29) is 5.91 Å². The molecule has 110 valence electrons. The minimum atomic E-state index is 0.0234. The van der Waals surface area contributed by atoms with Crippen LogP contribution in [-0.4, -0.2) is 64.7 Å². The van der Waals surface area contributed by atoms with Gasteiger partial charge in [-0.05, 0) is 25.8 Å². The Morgan fingerprint density at radius 3 is 3.10 bits per heavy atom. The topological polar surface area (TPSA) is 61.4 Å². The number of anilines is 1. The van der Waals surface area contributed by atoms with Gasteiger partial charge in [-0.3, -0.25) is 19.9 Å². The van der Waals surface area contributed by atoms with Crippen molar-refractivity contribution in [2.75, 3.05) is 38.0 Å². The van der Waals surface area contributed by atoms with E-state index in [1.165, 1.54) is 30.7 Å². The first-order chi connectivity index (χ1) is 9.74. The summed E-state index contributed by atoms with van der Waals surface area (Å²) in [6.45, 7) is 6.83. The summed E-state index contributed by atoms with van der Waals surface area (Å²) < 4.78 is 0. The lowest BCUT2D eigenvalue weighted by atomic mass is 10.1. The summed E-state index contributed by atoms with van der Waals surface area (Å²) in [5.41, 5.74) is 0. The van der Waals surface area contributed by atoms with Crippen LogP contribution in [0.3, 0.4) is 0 Å². The normalized spacial score (nSPS) is 23.8. The molecule has 2 saturated heterocycles. The Bertz CT molecular complexity index is 477. The Balaban J connectivity index is 1.49. The zero-order chi connectivity index (χ0) is 13.9. The number of nitrogens with zero attached hydrogens (tertiary/aromatic N) is 4. The highest BCUT2D eigenvalue weighted by molar-refractivity contribution is 7.15. The number of nitrogens with one attached hydrogen (secondary N) is 1. The van der Waals surface area contributed by atoms with E-state index < -0.39 is 0 Å². The zero-order valence-corrected chi connectivity index (χ0v) is 12.7. The second-order valence-electron chi connectivity index (χ2n) is 5.47. The third-order valence-corrected chi connectivity index (χ3v) is 5.04. The van der Waals surface area contributed by atoms with E-state index >= 15 is 0 Å². The fourth-order valence-electron chi connectivity index (χ4n) is 3.01. The molecule has 0 aliphatic carbocycles. The molecule has 0 saturated carbocycles. The van der Waals surface area contributed by atoms with Crippen molar-refractivity contribution < 1.29 is 4.79 Å². The molecule has 1 unspecified atom stereocenters. The molecule has 1 amide bonds. The van der Waals surface area contributed by atoms with Crippen molar-refractivity contribution in [1.82, 2.24) is 20.0 Å². The SMILES string of the molecule is CCc1nnc(NC(=O)CN2CCN3CCCC3C2)s1. The van der Waals surface area contributed by atoms with Crippen LogP contribution in [0.2, 0.25) is 0 Å². The molecular formula is C13H21N5OS. The van der Waals surface area contributed by atoms with E-state index in [9.17, 15) is 4.79 Å². The van der Waals surface area contributed by atoms with Crippen molar-refractivity contribution in [1.29, 1.82) is 0 Å².